The topological polar surface area (TPSA) is 0 Å². The molecule has 0 nitrogen and oxygen atoms in total. The summed E-state index contributed by atoms with van der Waals surface area (Å²) in [5, 5.41) is 5.27. The third-order valence-electron chi connectivity index (χ3n) is 4.22. The van der Waals surface area contributed by atoms with Gasteiger partial charge in [-0.25, -0.2) is 0 Å². The van der Waals surface area contributed by atoms with Gasteiger partial charge >= 0.3 is 0 Å². The van der Waals surface area contributed by atoms with E-state index in [1.807, 2.05) is 23.5 Å². The molecule has 2 aliphatic heterocycles. The van der Waals surface area contributed by atoms with E-state index in [-0.39, 0.29) is 0 Å². The Morgan fingerprint density at radius 2 is 2.06 bits per heavy atom. The summed E-state index contributed by atoms with van der Waals surface area (Å²) in [4.78, 5) is 0. The molecule has 4 rings (SSSR count). The summed E-state index contributed by atoms with van der Waals surface area (Å²) < 4.78 is 0.312. The van der Waals surface area contributed by atoms with Crippen LogP contribution in [0.15, 0.2) is 45.3 Å². The zero-order chi connectivity index (χ0) is 10.8. The first-order chi connectivity index (χ1) is 7.81. The minimum Gasteiger partial charge on any atom is -0.124 e. The minimum atomic E-state index is 0.312. The molecule has 2 heterocycles. The number of fused-ring (bicyclic) bond motifs is 4. The number of hydrogen-bond acceptors (Lipinski definition) is 2. The Morgan fingerprint density at radius 1 is 1.19 bits per heavy atom. The van der Waals surface area contributed by atoms with Crippen LogP contribution in [0.25, 0.3) is 0 Å². The zero-order valence-electron chi connectivity index (χ0n) is 9.32. The molecule has 0 radical (unpaired) electrons. The summed E-state index contributed by atoms with van der Waals surface area (Å²) in [6.45, 7) is 2.43. The Balaban J connectivity index is 2.01. The van der Waals surface area contributed by atoms with Gasteiger partial charge in [-0.3, -0.25) is 0 Å². The van der Waals surface area contributed by atoms with Crippen LogP contribution in [0.3, 0.4) is 0 Å². The predicted molar refractivity (Wildman–Crippen MR) is 73.6 cm³/mol. The average Bonchev–Trinajstić information content (AvgIpc) is 2.92. The van der Waals surface area contributed by atoms with Crippen molar-refractivity contribution in [1.29, 1.82) is 0 Å². The quantitative estimate of drug-likeness (QED) is 0.620. The lowest BCUT2D eigenvalue weighted by Gasteiger charge is -2.38. The fourth-order valence-corrected chi connectivity index (χ4v) is 6.00. The third kappa shape index (κ3) is 1.01. The first-order valence-electron chi connectivity index (χ1n) is 5.94. The van der Waals surface area contributed by atoms with Gasteiger partial charge in [-0.1, -0.05) is 12.2 Å². The van der Waals surface area contributed by atoms with E-state index in [4.69, 9.17) is 0 Å². The Bertz CT molecular complexity index is 493. The smallest absolute Gasteiger partial charge is 0.0586 e. The molecule has 1 saturated carbocycles. The monoisotopic (exact) mass is 246 g/mol. The molecule has 2 atom stereocenters. The van der Waals surface area contributed by atoms with E-state index in [1.54, 1.807) is 22.3 Å². The normalized spacial score (nSPS) is 39.4. The molecule has 0 aromatic carbocycles. The number of rotatable bonds is 0. The molecule has 0 saturated heterocycles. The van der Waals surface area contributed by atoms with Crippen LogP contribution in [-0.2, 0) is 0 Å². The van der Waals surface area contributed by atoms with Crippen molar-refractivity contribution in [2.45, 2.75) is 36.2 Å². The Labute approximate surface area is 105 Å². The SMILES string of the molecule is C[C@@]12SC=CC1=C1CCCC1=C1C=CSC12. The van der Waals surface area contributed by atoms with Crippen LogP contribution >= 0.6 is 23.5 Å². The lowest BCUT2D eigenvalue weighted by Crippen LogP contribution is -2.36. The van der Waals surface area contributed by atoms with Gasteiger partial charge in [0.2, 0.25) is 0 Å². The molecular formula is C14H14S2. The summed E-state index contributed by atoms with van der Waals surface area (Å²) in [6, 6.07) is 0. The van der Waals surface area contributed by atoms with E-state index >= 15 is 0 Å². The average molecular weight is 246 g/mol. The molecule has 82 valence electrons. The molecule has 0 bridgehead atoms. The number of hydrogen-bond donors (Lipinski definition) is 0. The largest absolute Gasteiger partial charge is 0.124 e. The zero-order valence-corrected chi connectivity index (χ0v) is 11.0. The van der Waals surface area contributed by atoms with Crippen molar-refractivity contribution in [3.05, 3.63) is 45.3 Å². The summed E-state index contributed by atoms with van der Waals surface area (Å²) in [5.74, 6) is 0. The highest BCUT2D eigenvalue weighted by atomic mass is 32.2. The number of thioether (sulfide) groups is 2. The lowest BCUT2D eigenvalue weighted by molar-refractivity contribution is 0.755. The molecule has 16 heavy (non-hydrogen) atoms. The Morgan fingerprint density at radius 3 is 3.00 bits per heavy atom. The summed E-state index contributed by atoms with van der Waals surface area (Å²) in [6.07, 6.45) is 8.72. The van der Waals surface area contributed by atoms with Crippen LogP contribution in [-0.4, -0.2) is 10.00 Å². The van der Waals surface area contributed by atoms with Crippen LogP contribution in [0.4, 0.5) is 0 Å². The standard InChI is InChI=1S/C14H14S2/c1-14-12(6-8-16-14)10-4-2-3-9(10)11-5-7-15-13(11)14/h5-8,13H,2-4H2,1H3/t13?,14-/m1/s1. The Hall–Kier alpha value is -0.340. The van der Waals surface area contributed by atoms with Crippen molar-refractivity contribution >= 4 is 23.5 Å². The van der Waals surface area contributed by atoms with Gasteiger partial charge in [-0.2, -0.15) is 0 Å². The van der Waals surface area contributed by atoms with Crippen LogP contribution in [0.5, 0.6) is 0 Å². The van der Waals surface area contributed by atoms with Gasteiger partial charge < -0.3 is 0 Å². The molecule has 0 N–H and O–H groups in total. The highest BCUT2D eigenvalue weighted by molar-refractivity contribution is 8.07. The van der Waals surface area contributed by atoms with Gasteiger partial charge in [-0.05, 0) is 59.3 Å². The van der Waals surface area contributed by atoms with Crippen LogP contribution in [0, 0.1) is 0 Å². The van der Waals surface area contributed by atoms with E-state index in [0.29, 0.717) is 10.00 Å². The molecule has 2 aliphatic carbocycles. The molecular weight excluding hydrogens is 232 g/mol. The number of allylic oxidation sites excluding steroid dienone is 4. The molecule has 0 aromatic rings. The molecule has 1 unspecified atom stereocenters. The first-order valence-corrected chi connectivity index (χ1v) is 7.76. The predicted octanol–water partition coefficient (Wildman–Crippen LogP) is 4.43. The minimum absolute atomic E-state index is 0.312. The summed E-state index contributed by atoms with van der Waals surface area (Å²) in [7, 11) is 0. The van der Waals surface area contributed by atoms with Crippen molar-refractivity contribution in [2.75, 3.05) is 0 Å². The highest BCUT2D eigenvalue weighted by Gasteiger charge is 2.48. The van der Waals surface area contributed by atoms with Gasteiger partial charge in [0, 0.05) is 0 Å². The second-order valence-corrected chi connectivity index (χ2v) is 7.40. The van der Waals surface area contributed by atoms with Crippen LogP contribution in [0.2, 0.25) is 0 Å². The maximum atomic E-state index is 2.43. The molecule has 2 heteroatoms. The fraction of sp³-hybridized carbons (Fsp3) is 0.429. The maximum absolute atomic E-state index is 2.43. The molecule has 0 aromatic heterocycles. The second-order valence-electron chi connectivity index (χ2n) is 5.03. The van der Waals surface area contributed by atoms with Gasteiger partial charge in [0.1, 0.15) is 0 Å². The maximum Gasteiger partial charge on any atom is 0.0586 e. The van der Waals surface area contributed by atoms with E-state index in [1.165, 1.54) is 19.3 Å². The third-order valence-corrected chi connectivity index (χ3v) is 6.88. The lowest BCUT2D eigenvalue weighted by atomic mass is 9.79. The van der Waals surface area contributed by atoms with E-state index in [0.717, 1.165) is 0 Å². The van der Waals surface area contributed by atoms with Crippen molar-refractivity contribution in [2.24, 2.45) is 0 Å². The fourth-order valence-electron chi connectivity index (χ4n) is 3.47. The second kappa shape index (κ2) is 3.11. The van der Waals surface area contributed by atoms with E-state index in [9.17, 15) is 0 Å². The Kier molecular flexibility index (Phi) is 1.88. The van der Waals surface area contributed by atoms with Crippen molar-refractivity contribution in [3.8, 4) is 0 Å². The molecule has 4 aliphatic rings. The molecule has 0 amide bonds. The van der Waals surface area contributed by atoms with Gasteiger partial charge in [-0.15, -0.1) is 23.5 Å². The van der Waals surface area contributed by atoms with Crippen molar-refractivity contribution < 1.29 is 0 Å². The van der Waals surface area contributed by atoms with Crippen LogP contribution in [0.1, 0.15) is 26.2 Å². The van der Waals surface area contributed by atoms with Crippen molar-refractivity contribution in [3.63, 3.8) is 0 Å². The highest BCUT2D eigenvalue weighted by Crippen LogP contribution is 2.59. The van der Waals surface area contributed by atoms with Crippen LogP contribution < -0.4 is 0 Å². The molecule has 0 spiro atoms. The van der Waals surface area contributed by atoms with E-state index < -0.39 is 0 Å². The van der Waals surface area contributed by atoms with Gasteiger partial charge in [0.15, 0.2) is 0 Å². The summed E-state index contributed by atoms with van der Waals surface area (Å²) >= 11 is 4.04. The first kappa shape index (κ1) is 9.67. The molecule has 1 fully saturated rings. The van der Waals surface area contributed by atoms with E-state index in [2.05, 4.69) is 29.9 Å². The van der Waals surface area contributed by atoms with Gasteiger partial charge in [0.05, 0.1) is 10.00 Å². The van der Waals surface area contributed by atoms with Crippen molar-refractivity contribution in [1.82, 2.24) is 0 Å². The van der Waals surface area contributed by atoms with Gasteiger partial charge in [0.25, 0.3) is 0 Å². The summed E-state index contributed by atoms with van der Waals surface area (Å²) in [5.41, 5.74) is 6.64.